The van der Waals surface area contributed by atoms with Crippen LogP contribution in [0, 0.1) is 0 Å². The van der Waals surface area contributed by atoms with Crippen LogP contribution in [0.15, 0.2) is 48.5 Å². The Balaban J connectivity index is 0.00000320. The second-order valence-electron chi connectivity index (χ2n) is 6.68. The number of carbonyl (C=O) groups excluding carboxylic acids is 1. The maximum Gasteiger partial charge on any atom is 0.252 e. The van der Waals surface area contributed by atoms with Crippen LogP contribution in [0.5, 0.6) is 11.5 Å². The molecule has 0 radical (unpaired) electrons. The van der Waals surface area contributed by atoms with Gasteiger partial charge in [0.1, 0.15) is 21.7 Å². The summed E-state index contributed by atoms with van der Waals surface area (Å²) < 4.78 is 11.8. The maximum atomic E-state index is 13.0. The van der Waals surface area contributed by atoms with Crippen molar-refractivity contribution in [3.05, 3.63) is 54.1 Å². The molecule has 0 aliphatic rings. The van der Waals surface area contributed by atoms with E-state index in [-0.39, 0.29) is 18.3 Å². The van der Waals surface area contributed by atoms with E-state index in [1.165, 1.54) is 11.3 Å². The molecule has 0 saturated carbocycles. The molecule has 0 atom stereocenters. The molecule has 1 heterocycles. The van der Waals surface area contributed by atoms with Crippen molar-refractivity contribution >= 4 is 51.1 Å². The molecule has 0 unspecified atom stereocenters. The van der Waals surface area contributed by atoms with Crippen molar-refractivity contribution in [1.82, 2.24) is 9.88 Å². The number of hydrogen-bond acceptors (Lipinski definition) is 6. The lowest BCUT2D eigenvalue weighted by molar-refractivity contribution is -0.114. The van der Waals surface area contributed by atoms with Gasteiger partial charge in [-0.1, -0.05) is 41.7 Å². The number of aromatic nitrogens is 1. The summed E-state index contributed by atoms with van der Waals surface area (Å²) >= 11 is 1.42. The highest BCUT2D eigenvalue weighted by molar-refractivity contribution is 7.22. The number of carbonyl (C=O) groups is 1. The topological polar surface area (TPSA) is 54.9 Å². The third kappa shape index (κ3) is 5.50. The zero-order valence-corrected chi connectivity index (χ0v) is 19.1. The third-order valence-electron chi connectivity index (χ3n) is 4.38. The number of hydrogen-bond donors (Lipinski definition) is 0. The Hall–Kier alpha value is -2.61. The molecule has 0 bridgehead atoms. The van der Waals surface area contributed by atoms with E-state index in [1.54, 1.807) is 25.2 Å². The molecule has 160 valence electrons. The summed E-state index contributed by atoms with van der Waals surface area (Å²) in [4.78, 5) is 21.5. The Labute approximate surface area is 187 Å². The molecule has 2 aromatic carbocycles. The predicted octanol–water partition coefficient (Wildman–Crippen LogP) is 4.34. The number of nitrogens with zero attached hydrogens (tertiary/aromatic N) is 3. The molecule has 3 rings (SSSR count). The van der Waals surface area contributed by atoms with Crippen molar-refractivity contribution < 1.29 is 14.3 Å². The van der Waals surface area contributed by atoms with E-state index in [0.717, 1.165) is 16.8 Å². The van der Waals surface area contributed by atoms with E-state index in [2.05, 4.69) is 0 Å². The van der Waals surface area contributed by atoms with Gasteiger partial charge in [0.2, 0.25) is 0 Å². The molecule has 1 aromatic heterocycles. The van der Waals surface area contributed by atoms with Crippen LogP contribution >= 0.6 is 23.7 Å². The summed E-state index contributed by atoms with van der Waals surface area (Å²) in [7, 11) is 7.19. The maximum absolute atomic E-state index is 13.0. The minimum Gasteiger partial charge on any atom is -0.495 e. The average Bonchev–Trinajstić information content (AvgIpc) is 3.17. The van der Waals surface area contributed by atoms with Gasteiger partial charge in [-0.15, -0.1) is 12.4 Å². The number of fused-ring (bicyclic) bond motifs is 1. The van der Waals surface area contributed by atoms with Gasteiger partial charge in [0, 0.05) is 19.2 Å². The number of benzene rings is 2. The van der Waals surface area contributed by atoms with Crippen LogP contribution in [0.1, 0.15) is 5.56 Å². The van der Waals surface area contributed by atoms with Gasteiger partial charge in [-0.05, 0) is 37.9 Å². The molecular formula is C22H26ClN3O3S. The fraction of sp³-hybridized carbons (Fsp3) is 0.273. The molecule has 0 spiro atoms. The van der Waals surface area contributed by atoms with Crippen LogP contribution in [0.2, 0.25) is 0 Å². The number of rotatable bonds is 8. The first-order chi connectivity index (χ1) is 14.0. The van der Waals surface area contributed by atoms with E-state index >= 15 is 0 Å². The minimum absolute atomic E-state index is 0. The van der Waals surface area contributed by atoms with Crippen molar-refractivity contribution in [2.24, 2.45) is 0 Å². The van der Waals surface area contributed by atoms with Crippen LogP contribution in [0.4, 0.5) is 5.13 Å². The fourth-order valence-corrected chi connectivity index (χ4v) is 3.92. The Kier molecular flexibility index (Phi) is 8.65. The second kappa shape index (κ2) is 11.0. The molecule has 8 heteroatoms. The van der Waals surface area contributed by atoms with E-state index in [4.69, 9.17) is 14.5 Å². The smallest absolute Gasteiger partial charge is 0.252 e. The quantitative estimate of drug-likeness (QED) is 0.481. The number of anilines is 1. The predicted molar refractivity (Wildman–Crippen MR) is 126 cm³/mol. The first-order valence-corrected chi connectivity index (χ1v) is 10.1. The van der Waals surface area contributed by atoms with Crippen LogP contribution in [-0.4, -0.2) is 57.2 Å². The zero-order chi connectivity index (χ0) is 20.8. The summed E-state index contributed by atoms with van der Waals surface area (Å²) in [6, 6.07) is 13.4. The molecule has 0 fully saturated rings. The van der Waals surface area contributed by atoms with E-state index in [9.17, 15) is 4.79 Å². The monoisotopic (exact) mass is 447 g/mol. The first kappa shape index (κ1) is 23.7. The molecule has 3 aromatic rings. The van der Waals surface area contributed by atoms with Gasteiger partial charge in [0.15, 0.2) is 5.13 Å². The molecule has 0 saturated heterocycles. The highest BCUT2D eigenvalue weighted by Gasteiger charge is 2.21. The van der Waals surface area contributed by atoms with Gasteiger partial charge in [-0.2, -0.15) is 0 Å². The fourth-order valence-electron chi connectivity index (χ4n) is 2.81. The van der Waals surface area contributed by atoms with E-state index in [0.29, 0.717) is 28.7 Å². The van der Waals surface area contributed by atoms with Crippen molar-refractivity contribution in [1.29, 1.82) is 0 Å². The van der Waals surface area contributed by atoms with Crippen molar-refractivity contribution in [3.8, 4) is 11.5 Å². The molecule has 0 N–H and O–H groups in total. The normalized spacial score (nSPS) is 11.0. The molecule has 0 aliphatic heterocycles. The summed E-state index contributed by atoms with van der Waals surface area (Å²) in [6.45, 7) is 1.24. The summed E-state index contributed by atoms with van der Waals surface area (Å²) in [6.07, 6.45) is 3.41. The number of likely N-dealkylation sites (N-methyl/N-ethyl adjacent to an activating group) is 1. The van der Waals surface area contributed by atoms with Gasteiger partial charge in [0.25, 0.3) is 5.91 Å². The summed E-state index contributed by atoms with van der Waals surface area (Å²) in [5.74, 6) is 1.25. The molecular weight excluding hydrogens is 422 g/mol. The minimum atomic E-state index is -0.118. The zero-order valence-electron chi connectivity index (χ0n) is 17.5. The lowest BCUT2D eigenvalue weighted by Gasteiger charge is -2.20. The van der Waals surface area contributed by atoms with Gasteiger partial charge in [-0.3, -0.25) is 9.69 Å². The Morgan fingerprint density at radius 3 is 2.33 bits per heavy atom. The van der Waals surface area contributed by atoms with Gasteiger partial charge in [-0.25, -0.2) is 4.98 Å². The number of amides is 1. The summed E-state index contributed by atoms with van der Waals surface area (Å²) in [5, 5.41) is 0.618. The Bertz CT molecular complexity index is 965. The molecule has 0 aliphatic carbocycles. The highest BCUT2D eigenvalue weighted by atomic mass is 35.5. The molecule has 1 amide bonds. The number of ether oxygens (including phenoxy) is 2. The van der Waals surface area contributed by atoms with Crippen LogP contribution < -0.4 is 14.4 Å². The third-order valence-corrected chi connectivity index (χ3v) is 5.48. The molecule has 6 nitrogen and oxygen atoms in total. The standard InChI is InChI=1S/C22H25N3O3S.ClH/c1-24(2)14-15-25(19(26)13-10-16-8-6-5-7-9-16)22-23-20-17(27-3)11-12-18(28-4)21(20)29-22;/h5-13H,14-15H2,1-4H3;1H. The van der Waals surface area contributed by atoms with Gasteiger partial charge < -0.3 is 14.4 Å². The Morgan fingerprint density at radius 2 is 1.70 bits per heavy atom. The SMILES string of the molecule is COc1ccc(OC)c2sc(N(CCN(C)C)C(=O)C=Cc3ccccc3)nc12.Cl. The number of halogens is 1. The van der Waals surface area contributed by atoms with Crippen LogP contribution in [-0.2, 0) is 4.79 Å². The van der Waals surface area contributed by atoms with Crippen molar-refractivity contribution in [2.75, 3.05) is 46.3 Å². The van der Waals surface area contributed by atoms with Gasteiger partial charge in [0.05, 0.1) is 14.2 Å². The van der Waals surface area contributed by atoms with E-state index in [1.807, 2.05) is 67.5 Å². The van der Waals surface area contributed by atoms with Crippen molar-refractivity contribution in [2.45, 2.75) is 0 Å². The number of thiazole rings is 1. The second-order valence-corrected chi connectivity index (χ2v) is 7.66. The average molecular weight is 448 g/mol. The van der Waals surface area contributed by atoms with Gasteiger partial charge >= 0.3 is 0 Å². The molecule has 30 heavy (non-hydrogen) atoms. The highest BCUT2D eigenvalue weighted by Crippen LogP contribution is 2.40. The Morgan fingerprint density at radius 1 is 1.03 bits per heavy atom. The van der Waals surface area contributed by atoms with Crippen LogP contribution in [0.25, 0.3) is 16.3 Å². The number of methoxy groups -OCH3 is 2. The van der Waals surface area contributed by atoms with Crippen molar-refractivity contribution in [3.63, 3.8) is 0 Å². The lowest BCUT2D eigenvalue weighted by Crippen LogP contribution is -2.35. The van der Waals surface area contributed by atoms with E-state index < -0.39 is 0 Å². The lowest BCUT2D eigenvalue weighted by atomic mass is 10.2. The summed E-state index contributed by atoms with van der Waals surface area (Å²) in [5.41, 5.74) is 1.67. The largest absolute Gasteiger partial charge is 0.495 e. The first-order valence-electron chi connectivity index (χ1n) is 9.24. The van der Waals surface area contributed by atoms with Crippen LogP contribution in [0.3, 0.4) is 0 Å².